The molecule has 0 N–H and O–H groups in total. The van der Waals surface area contributed by atoms with Crippen molar-refractivity contribution in [3.05, 3.63) is 31.1 Å². The average molecular weight is 274 g/mol. The molecule has 0 unspecified atom stereocenters. The Morgan fingerprint density at radius 2 is 2.30 bits per heavy atom. The molecule has 3 rings (SSSR count). The Labute approximate surface area is 117 Å². The number of aromatic nitrogens is 5. The molecular weight excluding hydrogens is 256 g/mol. The van der Waals surface area contributed by atoms with Gasteiger partial charge in [-0.1, -0.05) is 0 Å². The molecule has 1 fully saturated rings. The lowest BCUT2D eigenvalue weighted by Crippen LogP contribution is -2.43. The zero-order chi connectivity index (χ0) is 13.9. The minimum absolute atomic E-state index is 0.0901. The van der Waals surface area contributed by atoms with Crippen molar-refractivity contribution in [1.29, 1.82) is 0 Å². The third kappa shape index (κ3) is 2.43. The minimum Gasteiger partial charge on any atom is -0.339 e. The molecule has 2 atom stereocenters. The first-order valence-electron chi connectivity index (χ1n) is 6.87. The normalized spacial score (nSPS) is 20.9. The standard InChI is InChI=1S/C13H18N6O/c1-11(19-10-14-9-16-19)13(20)17-6-2-4-12(8-17)18-7-3-5-15-18/h3,5,7,9-12H,2,4,6,8H2,1H3/t11-,12-/m0/s1. The Morgan fingerprint density at radius 3 is 3.00 bits per heavy atom. The maximum atomic E-state index is 12.5. The zero-order valence-electron chi connectivity index (χ0n) is 11.5. The molecule has 1 saturated heterocycles. The van der Waals surface area contributed by atoms with Crippen molar-refractivity contribution in [3.8, 4) is 0 Å². The fourth-order valence-electron chi connectivity index (χ4n) is 2.66. The first-order valence-corrected chi connectivity index (χ1v) is 6.87. The molecule has 106 valence electrons. The predicted octanol–water partition coefficient (Wildman–Crippen LogP) is 0.899. The number of likely N-dealkylation sites (tertiary alicyclic amines) is 1. The molecule has 7 heteroatoms. The largest absolute Gasteiger partial charge is 0.339 e. The Bertz CT molecular complexity index is 549. The van der Waals surface area contributed by atoms with Crippen LogP contribution in [0.2, 0.25) is 0 Å². The van der Waals surface area contributed by atoms with Gasteiger partial charge in [-0.15, -0.1) is 0 Å². The molecule has 7 nitrogen and oxygen atoms in total. The van der Waals surface area contributed by atoms with Crippen LogP contribution < -0.4 is 0 Å². The highest BCUT2D eigenvalue weighted by Gasteiger charge is 2.28. The van der Waals surface area contributed by atoms with E-state index in [0.29, 0.717) is 6.54 Å². The van der Waals surface area contributed by atoms with Crippen LogP contribution >= 0.6 is 0 Å². The van der Waals surface area contributed by atoms with Gasteiger partial charge < -0.3 is 4.90 Å². The second kappa shape index (κ2) is 5.44. The molecular formula is C13H18N6O. The summed E-state index contributed by atoms with van der Waals surface area (Å²) in [6.07, 6.45) is 8.83. The highest BCUT2D eigenvalue weighted by molar-refractivity contribution is 5.80. The Morgan fingerprint density at radius 1 is 1.40 bits per heavy atom. The van der Waals surface area contributed by atoms with Gasteiger partial charge in [-0.3, -0.25) is 9.48 Å². The van der Waals surface area contributed by atoms with Gasteiger partial charge in [0.1, 0.15) is 18.7 Å². The molecule has 0 aromatic carbocycles. The molecule has 0 aliphatic carbocycles. The lowest BCUT2D eigenvalue weighted by atomic mass is 10.1. The quantitative estimate of drug-likeness (QED) is 0.834. The number of piperidine rings is 1. The van der Waals surface area contributed by atoms with E-state index >= 15 is 0 Å². The van der Waals surface area contributed by atoms with Crippen LogP contribution in [0.3, 0.4) is 0 Å². The second-order valence-corrected chi connectivity index (χ2v) is 5.12. The topological polar surface area (TPSA) is 68.8 Å². The zero-order valence-corrected chi connectivity index (χ0v) is 11.5. The van der Waals surface area contributed by atoms with Gasteiger partial charge in [0.15, 0.2) is 0 Å². The molecule has 2 aromatic heterocycles. The second-order valence-electron chi connectivity index (χ2n) is 5.12. The van der Waals surface area contributed by atoms with Crippen molar-refractivity contribution in [2.45, 2.75) is 31.8 Å². The van der Waals surface area contributed by atoms with Gasteiger partial charge >= 0.3 is 0 Å². The number of amides is 1. The van der Waals surface area contributed by atoms with Crippen LogP contribution in [0.4, 0.5) is 0 Å². The van der Waals surface area contributed by atoms with Crippen molar-refractivity contribution in [1.82, 2.24) is 29.4 Å². The SMILES string of the molecule is C[C@@H](C(=O)N1CCC[C@H](n2cccn2)C1)n1cncn1. The summed E-state index contributed by atoms with van der Waals surface area (Å²) in [5.74, 6) is 0.0901. The smallest absolute Gasteiger partial charge is 0.247 e. The molecule has 3 heterocycles. The summed E-state index contributed by atoms with van der Waals surface area (Å²) in [7, 11) is 0. The molecule has 2 aromatic rings. The van der Waals surface area contributed by atoms with Crippen LogP contribution in [0.15, 0.2) is 31.1 Å². The summed E-state index contributed by atoms with van der Waals surface area (Å²) in [6, 6.07) is 1.87. The maximum absolute atomic E-state index is 12.5. The summed E-state index contributed by atoms with van der Waals surface area (Å²) in [5, 5.41) is 8.32. The monoisotopic (exact) mass is 274 g/mol. The number of hydrogen-bond donors (Lipinski definition) is 0. The number of carbonyl (C=O) groups is 1. The van der Waals surface area contributed by atoms with E-state index < -0.39 is 0 Å². The van der Waals surface area contributed by atoms with E-state index in [0.717, 1.165) is 19.4 Å². The van der Waals surface area contributed by atoms with E-state index in [4.69, 9.17) is 0 Å². The van der Waals surface area contributed by atoms with E-state index in [1.807, 2.05) is 28.8 Å². The van der Waals surface area contributed by atoms with Gasteiger partial charge in [-0.2, -0.15) is 10.2 Å². The number of hydrogen-bond acceptors (Lipinski definition) is 4. The summed E-state index contributed by atoms with van der Waals surface area (Å²) < 4.78 is 3.54. The highest BCUT2D eigenvalue weighted by atomic mass is 16.2. The third-order valence-corrected chi connectivity index (χ3v) is 3.80. The van der Waals surface area contributed by atoms with Crippen LogP contribution in [0.1, 0.15) is 31.8 Å². The van der Waals surface area contributed by atoms with Gasteiger partial charge in [0.25, 0.3) is 0 Å². The number of nitrogens with zero attached hydrogens (tertiary/aromatic N) is 6. The lowest BCUT2D eigenvalue weighted by molar-refractivity contribution is -0.136. The summed E-state index contributed by atoms with van der Waals surface area (Å²) in [4.78, 5) is 18.3. The molecule has 0 spiro atoms. The van der Waals surface area contributed by atoms with Crippen molar-refractivity contribution in [3.63, 3.8) is 0 Å². The predicted molar refractivity (Wildman–Crippen MR) is 71.8 cm³/mol. The average Bonchev–Trinajstić information content (AvgIpc) is 3.18. The molecule has 1 aliphatic rings. The third-order valence-electron chi connectivity index (χ3n) is 3.80. The van der Waals surface area contributed by atoms with E-state index in [1.54, 1.807) is 17.2 Å². The van der Waals surface area contributed by atoms with Crippen molar-refractivity contribution < 1.29 is 4.79 Å². The van der Waals surface area contributed by atoms with Crippen molar-refractivity contribution in [2.75, 3.05) is 13.1 Å². The van der Waals surface area contributed by atoms with Gasteiger partial charge in [0, 0.05) is 25.5 Å². The van der Waals surface area contributed by atoms with Crippen LogP contribution in [-0.4, -0.2) is 48.4 Å². The van der Waals surface area contributed by atoms with E-state index in [9.17, 15) is 4.79 Å². The Balaban J connectivity index is 1.69. The number of carbonyl (C=O) groups excluding carboxylic acids is 1. The minimum atomic E-state index is -0.311. The molecule has 0 saturated carbocycles. The molecule has 1 amide bonds. The summed E-state index contributed by atoms with van der Waals surface area (Å²) in [6.45, 7) is 3.36. The molecule has 20 heavy (non-hydrogen) atoms. The van der Waals surface area contributed by atoms with Gasteiger partial charge in [0.2, 0.25) is 5.91 Å². The van der Waals surface area contributed by atoms with Gasteiger partial charge in [-0.05, 0) is 25.8 Å². The Kier molecular flexibility index (Phi) is 3.49. The summed E-state index contributed by atoms with van der Waals surface area (Å²) >= 11 is 0. The van der Waals surface area contributed by atoms with E-state index in [-0.39, 0.29) is 18.0 Å². The lowest BCUT2D eigenvalue weighted by Gasteiger charge is -2.34. The first-order chi connectivity index (χ1) is 9.75. The van der Waals surface area contributed by atoms with Crippen molar-refractivity contribution >= 4 is 5.91 Å². The Hall–Kier alpha value is -2.18. The van der Waals surface area contributed by atoms with Crippen molar-refractivity contribution in [2.24, 2.45) is 0 Å². The van der Waals surface area contributed by atoms with Crippen LogP contribution in [0, 0.1) is 0 Å². The van der Waals surface area contributed by atoms with E-state index in [1.165, 1.54) is 6.33 Å². The van der Waals surface area contributed by atoms with E-state index in [2.05, 4.69) is 15.2 Å². The first kappa shape index (κ1) is 12.8. The van der Waals surface area contributed by atoms with Gasteiger partial charge in [0.05, 0.1) is 6.04 Å². The molecule has 1 aliphatic heterocycles. The molecule has 0 bridgehead atoms. The maximum Gasteiger partial charge on any atom is 0.247 e. The fourth-order valence-corrected chi connectivity index (χ4v) is 2.66. The van der Waals surface area contributed by atoms with Crippen LogP contribution in [0.25, 0.3) is 0 Å². The number of rotatable bonds is 3. The summed E-state index contributed by atoms with van der Waals surface area (Å²) in [5.41, 5.74) is 0. The fraction of sp³-hybridized carbons (Fsp3) is 0.538. The molecule has 0 radical (unpaired) electrons. The van der Waals surface area contributed by atoms with Gasteiger partial charge in [-0.25, -0.2) is 9.67 Å². The van der Waals surface area contributed by atoms with Crippen LogP contribution in [0.5, 0.6) is 0 Å². The highest BCUT2D eigenvalue weighted by Crippen LogP contribution is 2.22. The van der Waals surface area contributed by atoms with Crippen LogP contribution in [-0.2, 0) is 4.79 Å².